The number of urea groups is 1. The molecule has 25 heavy (non-hydrogen) atoms. The molecule has 0 fully saturated rings. The first-order valence-corrected chi connectivity index (χ1v) is 9.36. The van der Waals surface area contributed by atoms with Crippen molar-refractivity contribution in [3.8, 4) is 5.75 Å². The summed E-state index contributed by atoms with van der Waals surface area (Å²) in [7, 11) is -0.762. The van der Waals surface area contributed by atoms with Crippen molar-refractivity contribution >= 4 is 16.1 Å². The Balaban J connectivity index is 2.19. The fourth-order valence-corrected chi connectivity index (χ4v) is 3.58. The normalized spacial score (nSPS) is 12.3. The molecule has 1 N–H and O–H groups in total. The minimum atomic E-state index is -3.91. The lowest BCUT2D eigenvalue weighted by atomic mass is 10.0. The number of sulfonamides is 1. The molecule has 0 aliphatic rings. The minimum Gasteiger partial charge on any atom is -0.497 e. The monoisotopic (exact) mass is 362 g/mol. The van der Waals surface area contributed by atoms with Gasteiger partial charge < -0.3 is 9.64 Å². The van der Waals surface area contributed by atoms with Crippen LogP contribution in [-0.4, -0.2) is 33.5 Å². The first-order chi connectivity index (χ1) is 11.9. The number of methoxy groups -OCH3 is 1. The number of ether oxygens (including phenoxy) is 1. The van der Waals surface area contributed by atoms with E-state index in [4.69, 9.17) is 4.74 Å². The second kappa shape index (κ2) is 8.02. The van der Waals surface area contributed by atoms with Gasteiger partial charge in [0.25, 0.3) is 10.0 Å². The van der Waals surface area contributed by atoms with Crippen LogP contribution in [0.4, 0.5) is 4.79 Å². The Labute approximate surface area is 148 Å². The third kappa shape index (κ3) is 4.51. The number of amides is 2. The summed E-state index contributed by atoms with van der Waals surface area (Å²) in [6.07, 6.45) is 0.627. The molecule has 0 heterocycles. The molecule has 2 aromatic rings. The number of hydrogen-bond donors (Lipinski definition) is 1. The molecule has 7 heteroatoms. The number of hydrogen-bond acceptors (Lipinski definition) is 4. The average molecular weight is 362 g/mol. The van der Waals surface area contributed by atoms with Gasteiger partial charge in [-0.05, 0) is 36.2 Å². The second-order valence-electron chi connectivity index (χ2n) is 5.54. The van der Waals surface area contributed by atoms with Crippen molar-refractivity contribution in [3.05, 3.63) is 60.2 Å². The highest BCUT2D eigenvalue weighted by molar-refractivity contribution is 7.90. The van der Waals surface area contributed by atoms with Gasteiger partial charge in [0.15, 0.2) is 0 Å². The smallest absolute Gasteiger partial charge is 0.331 e. The van der Waals surface area contributed by atoms with E-state index in [2.05, 4.69) is 4.72 Å². The number of carbonyl (C=O) groups excluding carboxylic acids is 1. The average Bonchev–Trinajstić information content (AvgIpc) is 2.62. The first-order valence-electron chi connectivity index (χ1n) is 7.87. The van der Waals surface area contributed by atoms with E-state index in [1.165, 1.54) is 17.0 Å². The molecular weight excluding hydrogens is 340 g/mol. The van der Waals surface area contributed by atoms with Gasteiger partial charge in [0.1, 0.15) is 5.75 Å². The van der Waals surface area contributed by atoms with E-state index in [1.807, 2.05) is 31.2 Å². The van der Waals surface area contributed by atoms with Crippen molar-refractivity contribution in [2.45, 2.75) is 24.3 Å². The van der Waals surface area contributed by atoms with E-state index in [0.29, 0.717) is 12.2 Å². The fraction of sp³-hybridized carbons (Fsp3) is 0.278. The van der Waals surface area contributed by atoms with Gasteiger partial charge in [-0.2, -0.15) is 0 Å². The Bertz CT molecular complexity index is 822. The number of nitrogens with zero attached hydrogens (tertiary/aromatic N) is 1. The molecule has 0 radical (unpaired) electrons. The van der Waals surface area contributed by atoms with Gasteiger partial charge in [0.2, 0.25) is 0 Å². The van der Waals surface area contributed by atoms with Crippen LogP contribution < -0.4 is 9.46 Å². The molecule has 0 spiro atoms. The highest BCUT2D eigenvalue weighted by Crippen LogP contribution is 2.26. The van der Waals surface area contributed by atoms with E-state index >= 15 is 0 Å². The largest absolute Gasteiger partial charge is 0.497 e. The van der Waals surface area contributed by atoms with Crippen LogP contribution in [-0.2, 0) is 10.0 Å². The lowest BCUT2D eigenvalue weighted by molar-refractivity contribution is 0.194. The molecule has 2 rings (SSSR count). The zero-order valence-electron chi connectivity index (χ0n) is 14.5. The summed E-state index contributed by atoms with van der Waals surface area (Å²) in [4.78, 5) is 13.9. The van der Waals surface area contributed by atoms with E-state index in [9.17, 15) is 13.2 Å². The number of carbonyl (C=O) groups is 1. The Morgan fingerprint density at radius 3 is 2.44 bits per heavy atom. The maximum Gasteiger partial charge on any atom is 0.331 e. The maximum absolute atomic E-state index is 12.5. The second-order valence-corrected chi connectivity index (χ2v) is 7.22. The van der Waals surface area contributed by atoms with Crippen LogP contribution in [0, 0.1) is 0 Å². The zero-order valence-corrected chi connectivity index (χ0v) is 15.3. The van der Waals surface area contributed by atoms with Gasteiger partial charge in [-0.15, -0.1) is 0 Å². The molecule has 1 unspecified atom stereocenters. The summed E-state index contributed by atoms with van der Waals surface area (Å²) >= 11 is 0. The van der Waals surface area contributed by atoms with E-state index in [-0.39, 0.29) is 10.9 Å². The Morgan fingerprint density at radius 1 is 1.16 bits per heavy atom. The van der Waals surface area contributed by atoms with Crippen molar-refractivity contribution in [2.24, 2.45) is 0 Å². The van der Waals surface area contributed by atoms with Crippen LogP contribution >= 0.6 is 0 Å². The lowest BCUT2D eigenvalue weighted by Crippen LogP contribution is -2.42. The Hall–Kier alpha value is -2.54. The zero-order chi connectivity index (χ0) is 18.4. The first kappa shape index (κ1) is 18.8. The highest BCUT2D eigenvalue weighted by Gasteiger charge is 2.25. The van der Waals surface area contributed by atoms with Gasteiger partial charge in [-0.25, -0.2) is 17.9 Å². The molecule has 0 aliphatic carbocycles. The predicted octanol–water partition coefficient (Wildman–Crippen LogP) is 3.18. The van der Waals surface area contributed by atoms with Crippen LogP contribution in [0.25, 0.3) is 0 Å². The minimum absolute atomic E-state index is 0.0474. The van der Waals surface area contributed by atoms with E-state index in [0.717, 1.165) is 5.56 Å². The van der Waals surface area contributed by atoms with Crippen LogP contribution in [0.5, 0.6) is 5.75 Å². The third-order valence-electron chi connectivity index (χ3n) is 3.93. The Kier molecular flexibility index (Phi) is 6.03. The standard InChI is InChI=1S/C18H22N2O4S/c1-4-17(14-9-8-10-15(13-14)24-3)20(2)18(21)19-25(22,23)16-11-6-5-7-12-16/h5-13,17H,4H2,1-3H3,(H,19,21). The van der Waals surface area contributed by atoms with Crippen molar-refractivity contribution < 1.29 is 17.9 Å². The molecule has 0 aliphatic heterocycles. The maximum atomic E-state index is 12.5. The summed E-state index contributed by atoms with van der Waals surface area (Å²) in [6, 6.07) is 14.2. The summed E-state index contributed by atoms with van der Waals surface area (Å²) in [6.45, 7) is 1.93. The molecule has 2 amide bonds. The summed E-state index contributed by atoms with van der Waals surface area (Å²) in [5, 5.41) is 0. The summed E-state index contributed by atoms with van der Waals surface area (Å²) in [5.41, 5.74) is 0.872. The number of benzene rings is 2. The van der Waals surface area contributed by atoms with Gasteiger partial charge in [0, 0.05) is 7.05 Å². The van der Waals surface area contributed by atoms with Crippen LogP contribution in [0.15, 0.2) is 59.5 Å². The van der Waals surface area contributed by atoms with Crippen molar-refractivity contribution in [1.82, 2.24) is 9.62 Å². The van der Waals surface area contributed by atoms with Crippen LogP contribution in [0.2, 0.25) is 0 Å². The molecule has 0 aromatic heterocycles. The van der Waals surface area contributed by atoms with Crippen LogP contribution in [0.3, 0.4) is 0 Å². The topological polar surface area (TPSA) is 75.7 Å². The molecule has 0 saturated carbocycles. The molecule has 1 atom stereocenters. The third-order valence-corrected chi connectivity index (χ3v) is 5.26. The predicted molar refractivity (Wildman–Crippen MR) is 95.9 cm³/mol. The highest BCUT2D eigenvalue weighted by atomic mass is 32.2. The van der Waals surface area contributed by atoms with Gasteiger partial charge in [0.05, 0.1) is 18.0 Å². The molecule has 0 saturated heterocycles. The quantitative estimate of drug-likeness (QED) is 0.856. The Morgan fingerprint density at radius 2 is 1.84 bits per heavy atom. The van der Waals surface area contributed by atoms with E-state index in [1.54, 1.807) is 32.4 Å². The summed E-state index contributed by atoms with van der Waals surface area (Å²) in [5.74, 6) is 0.682. The molecular formula is C18H22N2O4S. The number of rotatable bonds is 6. The number of nitrogens with one attached hydrogen (secondary N) is 1. The summed E-state index contributed by atoms with van der Waals surface area (Å²) < 4.78 is 32.0. The molecule has 6 nitrogen and oxygen atoms in total. The van der Waals surface area contributed by atoms with Crippen molar-refractivity contribution in [3.63, 3.8) is 0 Å². The fourth-order valence-electron chi connectivity index (χ4n) is 2.57. The molecule has 0 bridgehead atoms. The van der Waals surface area contributed by atoms with E-state index < -0.39 is 16.1 Å². The lowest BCUT2D eigenvalue weighted by Gasteiger charge is -2.28. The van der Waals surface area contributed by atoms with Crippen LogP contribution in [0.1, 0.15) is 24.9 Å². The molecule has 2 aromatic carbocycles. The SMILES string of the molecule is CCC(c1cccc(OC)c1)N(C)C(=O)NS(=O)(=O)c1ccccc1. The van der Waals surface area contributed by atoms with Gasteiger partial charge in [-0.1, -0.05) is 37.3 Å². The van der Waals surface area contributed by atoms with Gasteiger partial charge in [-0.3, -0.25) is 0 Å². The van der Waals surface area contributed by atoms with Crippen molar-refractivity contribution in [1.29, 1.82) is 0 Å². The van der Waals surface area contributed by atoms with Crippen molar-refractivity contribution in [2.75, 3.05) is 14.2 Å². The molecule has 134 valence electrons. The van der Waals surface area contributed by atoms with Gasteiger partial charge >= 0.3 is 6.03 Å².